The van der Waals surface area contributed by atoms with Gasteiger partial charge in [-0.15, -0.1) is 12.4 Å². The van der Waals surface area contributed by atoms with Crippen molar-refractivity contribution in [2.24, 2.45) is 5.73 Å². The molecule has 0 spiro atoms. The highest BCUT2D eigenvalue weighted by molar-refractivity contribution is 9.10. The van der Waals surface area contributed by atoms with Crippen LogP contribution in [-0.4, -0.2) is 11.7 Å². The fraction of sp³-hybridized carbons (Fsp3) is 0.400. The lowest BCUT2D eigenvalue weighted by Gasteiger charge is -2.11. The molecule has 0 heterocycles. The molecule has 0 unspecified atom stereocenters. The molecule has 3 N–H and O–H groups in total. The number of hydrogen-bond acceptors (Lipinski definition) is 2. The summed E-state index contributed by atoms with van der Waals surface area (Å²) in [4.78, 5) is 0. The van der Waals surface area contributed by atoms with Crippen LogP contribution in [0.3, 0.4) is 0 Å². The summed E-state index contributed by atoms with van der Waals surface area (Å²) >= 11 is 3.20. The smallest absolute Gasteiger partial charge is 0.124 e. The van der Waals surface area contributed by atoms with Gasteiger partial charge in [0.15, 0.2) is 0 Å². The van der Waals surface area contributed by atoms with E-state index < -0.39 is 0 Å². The molecule has 1 rings (SSSR count). The Kier molecular flexibility index (Phi) is 7.09. The largest absolute Gasteiger partial charge is 0.396 e. The zero-order chi connectivity index (χ0) is 10.6. The van der Waals surface area contributed by atoms with Crippen LogP contribution >= 0.6 is 28.3 Å². The highest BCUT2D eigenvalue weighted by Gasteiger charge is 2.07. The molecule has 1 aromatic carbocycles. The minimum absolute atomic E-state index is 0. The van der Waals surface area contributed by atoms with Crippen molar-refractivity contribution >= 4 is 28.3 Å². The van der Waals surface area contributed by atoms with Crippen LogP contribution < -0.4 is 5.73 Å². The quantitative estimate of drug-likeness (QED) is 0.898. The molecule has 0 aliphatic rings. The van der Waals surface area contributed by atoms with Gasteiger partial charge in [-0.2, -0.15) is 0 Å². The zero-order valence-corrected chi connectivity index (χ0v) is 10.5. The van der Waals surface area contributed by atoms with Gasteiger partial charge in [-0.05, 0) is 36.6 Å². The van der Waals surface area contributed by atoms with E-state index >= 15 is 0 Å². The average molecular weight is 299 g/mol. The first-order valence-corrected chi connectivity index (χ1v) is 5.25. The van der Waals surface area contributed by atoms with Crippen LogP contribution in [0.15, 0.2) is 22.7 Å². The lowest BCUT2D eigenvalue weighted by molar-refractivity contribution is 0.280. The molecule has 0 saturated heterocycles. The van der Waals surface area contributed by atoms with Crippen LogP contribution in [0.5, 0.6) is 0 Å². The second kappa shape index (κ2) is 7.17. The van der Waals surface area contributed by atoms with Crippen LogP contribution in [0, 0.1) is 5.82 Å². The van der Waals surface area contributed by atoms with Gasteiger partial charge in [-0.3, -0.25) is 0 Å². The van der Waals surface area contributed by atoms with E-state index in [4.69, 9.17) is 10.8 Å². The Labute approximate surface area is 103 Å². The molecule has 0 saturated carbocycles. The van der Waals surface area contributed by atoms with Gasteiger partial charge in [0, 0.05) is 17.1 Å². The lowest BCUT2D eigenvalue weighted by Crippen LogP contribution is -2.11. The molecule has 0 aliphatic heterocycles. The number of nitrogens with two attached hydrogens (primary N) is 1. The van der Waals surface area contributed by atoms with Crippen molar-refractivity contribution in [3.8, 4) is 0 Å². The van der Waals surface area contributed by atoms with Gasteiger partial charge in [-0.25, -0.2) is 4.39 Å². The van der Waals surface area contributed by atoms with Gasteiger partial charge >= 0.3 is 0 Å². The topological polar surface area (TPSA) is 46.2 Å². The first-order valence-electron chi connectivity index (χ1n) is 4.46. The summed E-state index contributed by atoms with van der Waals surface area (Å²) < 4.78 is 13.7. The fourth-order valence-electron chi connectivity index (χ4n) is 1.27. The summed E-state index contributed by atoms with van der Waals surface area (Å²) in [5.41, 5.74) is 6.58. The molecule has 0 amide bonds. The zero-order valence-electron chi connectivity index (χ0n) is 8.12. The SMILES string of the molecule is Cl.N[C@H](CCCO)c1cc(F)cc(Br)c1. The molecule has 0 aromatic heterocycles. The normalized spacial score (nSPS) is 12.0. The van der Waals surface area contributed by atoms with Crippen LogP contribution in [0.4, 0.5) is 4.39 Å². The van der Waals surface area contributed by atoms with Crippen molar-refractivity contribution in [2.75, 3.05) is 6.61 Å². The maximum absolute atomic E-state index is 13.0. The Hall–Kier alpha value is -0.160. The number of hydrogen-bond donors (Lipinski definition) is 2. The summed E-state index contributed by atoms with van der Waals surface area (Å²) in [5, 5.41) is 8.63. The maximum atomic E-state index is 13.0. The van der Waals surface area contributed by atoms with Crippen LogP contribution in [0.25, 0.3) is 0 Å². The molecular formula is C10H14BrClFNO. The van der Waals surface area contributed by atoms with E-state index in [1.54, 1.807) is 6.07 Å². The Morgan fingerprint density at radius 2 is 2.07 bits per heavy atom. The van der Waals surface area contributed by atoms with E-state index in [-0.39, 0.29) is 30.9 Å². The number of rotatable bonds is 4. The number of halogens is 3. The van der Waals surface area contributed by atoms with E-state index in [0.29, 0.717) is 17.3 Å². The van der Waals surface area contributed by atoms with Gasteiger partial charge < -0.3 is 10.8 Å². The predicted molar refractivity (Wildman–Crippen MR) is 64.6 cm³/mol. The van der Waals surface area contributed by atoms with Gasteiger partial charge in [0.2, 0.25) is 0 Å². The third kappa shape index (κ3) is 4.93. The van der Waals surface area contributed by atoms with Gasteiger partial charge in [-0.1, -0.05) is 15.9 Å². The summed E-state index contributed by atoms with van der Waals surface area (Å²) in [5.74, 6) is -0.297. The second-order valence-corrected chi connectivity index (χ2v) is 4.09. The maximum Gasteiger partial charge on any atom is 0.124 e. The first-order chi connectivity index (χ1) is 6.63. The molecule has 5 heteroatoms. The van der Waals surface area contributed by atoms with Gasteiger partial charge in [0.05, 0.1) is 0 Å². The standard InChI is InChI=1S/C10H13BrFNO.ClH/c11-8-4-7(5-9(12)6-8)10(13)2-1-3-14;/h4-6,10,14H,1-3,13H2;1H/t10-;/m1./s1. The van der Waals surface area contributed by atoms with Crippen molar-refractivity contribution in [3.63, 3.8) is 0 Å². The molecule has 1 aromatic rings. The Balaban J connectivity index is 0.00000196. The third-order valence-corrected chi connectivity index (χ3v) is 2.44. The monoisotopic (exact) mass is 297 g/mol. The summed E-state index contributed by atoms with van der Waals surface area (Å²) in [6.07, 6.45) is 1.29. The van der Waals surface area contributed by atoms with Gasteiger partial charge in [0.25, 0.3) is 0 Å². The van der Waals surface area contributed by atoms with Crippen LogP contribution in [0.1, 0.15) is 24.4 Å². The minimum atomic E-state index is -0.297. The van der Waals surface area contributed by atoms with Crippen molar-refractivity contribution in [1.29, 1.82) is 0 Å². The molecule has 0 aliphatic carbocycles. The van der Waals surface area contributed by atoms with Crippen LogP contribution in [0.2, 0.25) is 0 Å². The second-order valence-electron chi connectivity index (χ2n) is 3.18. The van der Waals surface area contributed by atoms with Crippen molar-refractivity contribution in [3.05, 3.63) is 34.1 Å². The Morgan fingerprint density at radius 1 is 1.40 bits per heavy atom. The molecule has 1 atom stereocenters. The molecular weight excluding hydrogens is 284 g/mol. The summed E-state index contributed by atoms with van der Waals surface area (Å²) in [6, 6.07) is 4.40. The molecule has 2 nitrogen and oxygen atoms in total. The molecule has 86 valence electrons. The predicted octanol–water partition coefficient (Wildman–Crippen LogP) is 2.78. The van der Waals surface area contributed by atoms with E-state index in [9.17, 15) is 4.39 Å². The lowest BCUT2D eigenvalue weighted by atomic mass is 10.0. The average Bonchev–Trinajstić information content (AvgIpc) is 2.12. The van der Waals surface area contributed by atoms with Crippen molar-refractivity contribution in [1.82, 2.24) is 0 Å². The van der Waals surface area contributed by atoms with Gasteiger partial charge in [0.1, 0.15) is 5.82 Å². The van der Waals surface area contributed by atoms with Crippen molar-refractivity contribution in [2.45, 2.75) is 18.9 Å². The first kappa shape index (κ1) is 14.8. The summed E-state index contributed by atoms with van der Waals surface area (Å²) in [7, 11) is 0. The third-order valence-electron chi connectivity index (χ3n) is 1.99. The molecule has 0 bridgehead atoms. The Morgan fingerprint density at radius 3 is 2.60 bits per heavy atom. The van der Waals surface area contributed by atoms with Crippen LogP contribution in [-0.2, 0) is 0 Å². The van der Waals surface area contributed by atoms with Crippen molar-refractivity contribution < 1.29 is 9.50 Å². The molecule has 15 heavy (non-hydrogen) atoms. The van der Waals surface area contributed by atoms with E-state index in [1.165, 1.54) is 12.1 Å². The van der Waals surface area contributed by atoms with E-state index in [0.717, 1.165) is 5.56 Å². The minimum Gasteiger partial charge on any atom is -0.396 e. The Bertz CT molecular complexity index is 291. The van der Waals surface area contributed by atoms with E-state index in [1.807, 2.05) is 0 Å². The van der Waals surface area contributed by atoms with E-state index in [2.05, 4.69) is 15.9 Å². The summed E-state index contributed by atoms with van der Waals surface area (Å²) in [6.45, 7) is 0.115. The number of benzene rings is 1. The highest BCUT2D eigenvalue weighted by atomic mass is 79.9. The highest BCUT2D eigenvalue weighted by Crippen LogP contribution is 2.21. The molecule has 0 radical (unpaired) electrons. The number of aliphatic hydroxyl groups is 1. The molecule has 0 fully saturated rings. The number of aliphatic hydroxyl groups excluding tert-OH is 1. The fourth-order valence-corrected chi connectivity index (χ4v) is 1.75.